The van der Waals surface area contributed by atoms with Gasteiger partial charge in [0.25, 0.3) is 0 Å². The van der Waals surface area contributed by atoms with Gasteiger partial charge in [-0.15, -0.1) is 0 Å². The molecular formula is C14H19NO5S. The molecule has 1 heterocycles. The van der Waals surface area contributed by atoms with E-state index >= 15 is 0 Å². The summed E-state index contributed by atoms with van der Waals surface area (Å²) in [5.41, 5.74) is -0.773. The fourth-order valence-electron chi connectivity index (χ4n) is 4.01. The van der Waals surface area contributed by atoms with Gasteiger partial charge in [0.1, 0.15) is 0 Å². The monoisotopic (exact) mass is 313 g/mol. The highest BCUT2D eigenvalue weighted by atomic mass is 32.2. The first kappa shape index (κ1) is 14.6. The number of hydrogen-bond acceptors (Lipinski definition) is 4. The van der Waals surface area contributed by atoms with E-state index in [-0.39, 0.29) is 29.2 Å². The van der Waals surface area contributed by atoms with Gasteiger partial charge < -0.3 is 10.4 Å². The first-order valence-electron chi connectivity index (χ1n) is 7.14. The Morgan fingerprint density at radius 1 is 1.24 bits per heavy atom. The number of hydrogen-bond donors (Lipinski definition) is 2. The van der Waals surface area contributed by atoms with Crippen molar-refractivity contribution >= 4 is 21.7 Å². The van der Waals surface area contributed by atoms with E-state index in [0.717, 1.165) is 0 Å². The summed E-state index contributed by atoms with van der Waals surface area (Å²) < 4.78 is 23.2. The highest BCUT2D eigenvalue weighted by molar-refractivity contribution is 7.91. The average molecular weight is 313 g/mol. The number of rotatable bonds is 3. The zero-order valence-corrected chi connectivity index (χ0v) is 12.6. The summed E-state index contributed by atoms with van der Waals surface area (Å²) in [6, 6.07) is 0. The lowest BCUT2D eigenvalue weighted by atomic mass is 9.82. The van der Waals surface area contributed by atoms with E-state index in [4.69, 9.17) is 0 Å². The second-order valence-electron chi connectivity index (χ2n) is 6.73. The Morgan fingerprint density at radius 2 is 1.86 bits per heavy atom. The van der Waals surface area contributed by atoms with Crippen LogP contribution in [-0.4, -0.2) is 42.4 Å². The van der Waals surface area contributed by atoms with E-state index in [1.807, 2.05) is 12.2 Å². The van der Waals surface area contributed by atoms with E-state index in [0.29, 0.717) is 12.8 Å². The molecule has 0 aromatic heterocycles. The Labute approximate surface area is 123 Å². The molecule has 5 unspecified atom stereocenters. The molecule has 7 heteroatoms. The Hall–Kier alpha value is -1.37. The van der Waals surface area contributed by atoms with Crippen molar-refractivity contribution in [3.8, 4) is 0 Å². The quantitative estimate of drug-likeness (QED) is 0.725. The molecule has 0 radical (unpaired) electrons. The van der Waals surface area contributed by atoms with Gasteiger partial charge in [-0.3, -0.25) is 9.59 Å². The number of amides is 1. The van der Waals surface area contributed by atoms with Crippen LogP contribution in [0.4, 0.5) is 0 Å². The SMILES string of the molecule is CC1(NC(=O)C2C3C=CC(C3)C2C(=O)O)CCS(=O)(=O)C1. The molecule has 3 aliphatic rings. The summed E-state index contributed by atoms with van der Waals surface area (Å²) in [6.45, 7) is 1.72. The fourth-order valence-corrected chi connectivity index (χ4v) is 6.10. The zero-order valence-electron chi connectivity index (χ0n) is 11.8. The molecule has 5 atom stereocenters. The summed E-state index contributed by atoms with van der Waals surface area (Å²) >= 11 is 0. The molecule has 21 heavy (non-hydrogen) atoms. The van der Waals surface area contributed by atoms with E-state index in [1.165, 1.54) is 0 Å². The Morgan fingerprint density at radius 3 is 2.38 bits per heavy atom. The van der Waals surface area contributed by atoms with Crippen molar-refractivity contribution < 1.29 is 23.1 Å². The van der Waals surface area contributed by atoms with Gasteiger partial charge in [0, 0.05) is 0 Å². The summed E-state index contributed by atoms with van der Waals surface area (Å²) in [5, 5.41) is 12.2. The second kappa shape index (κ2) is 4.56. The highest BCUT2D eigenvalue weighted by Crippen LogP contribution is 2.48. The number of carbonyl (C=O) groups excluding carboxylic acids is 1. The predicted octanol–water partition coefficient (Wildman–Crippen LogP) is 0.203. The van der Waals surface area contributed by atoms with Gasteiger partial charge in [0.05, 0.1) is 28.9 Å². The summed E-state index contributed by atoms with van der Waals surface area (Å²) in [4.78, 5) is 23.9. The lowest BCUT2D eigenvalue weighted by Crippen LogP contribution is -2.51. The molecule has 1 aliphatic heterocycles. The largest absolute Gasteiger partial charge is 0.481 e. The lowest BCUT2D eigenvalue weighted by Gasteiger charge is -2.30. The van der Waals surface area contributed by atoms with E-state index in [2.05, 4.69) is 5.32 Å². The van der Waals surface area contributed by atoms with Gasteiger partial charge in [-0.1, -0.05) is 12.2 Å². The Balaban J connectivity index is 1.77. The van der Waals surface area contributed by atoms with Gasteiger partial charge in [-0.25, -0.2) is 8.42 Å². The topological polar surface area (TPSA) is 101 Å². The molecule has 1 amide bonds. The lowest BCUT2D eigenvalue weighted by molar-refractivity contribution is -0.148. The number of fused-ring (bicyclic) bond motifs is 2. The number of allylic oxidation sites excluding steroid dienone is 2. The van der Waals surface area contributed by atoms with Crippen molar-refractivity contribution in [2.24, 2.45) is 23.7 Å². The van der Waals surface area contributed by atoms with Crippen LogP contribution < -0.4 is 5.32 Å². The number of carboxylic acids is 1. The van der Waals surface area contributed by atoms with Gasteiger partial charge in [0.15, 0.2) is 9.84 Å². The maximum atomic E-state index is 12.5. The molecule has 2 bridgehead atoms. The molecule has 1 saturated heterocycles. The van der Waals surface area contributed by atoms with Crippen LogP contribution in [0.5, 0.6) is 0 Å². The van der Waals surface area contributed by atoms with Crippen LogP contribution in [0.25, 0.3) is 0 Å². The maximum Gasteiger partial charge on any atom is 0.307 e. The summed E-state index contributed by atoms with van der Waals surface area (Å²) in [5.74, 6) is -2.67. The van der Waals surface area contributed by atoms with E-state index in [1.54, 1.807) is 6.92 Å². The molecule has 116 valence electrons. The Kier molecular flexibility index (Phi) is 3.16. The molecule has 1 saturated carbocycles. The minimum Gasteiger partial charge on any atom is -0.481 e. The van der Waals surface area contributed by atoms with Crippen LogP contribution in [-0.2, 0) is 19.4 Å². The standard InChI is InChI=1S/C14H19NO5S/c1-14(4-5-21(19,20)7-14)15-12(16)10-8-2-3-9(6-8)11(10)13(17)18/h2-3,8-11H,4-7H2,1H3,(H,15,16)(H,17,18). The molecule has 2 N–H and O–H groups in total. The van der Waals surface area contributed by atoms with Crippen LogP contribution >= 0.6 is 0 Å². The molecule has 0 spiro atoms. The van der Waals surface area contributed by atoms with Crippen molar-refractivity contribution in [1.82, 2.24) is 5.32 Å². The molecular weight excluding hydrogens is 294 g/mol. The van der Waals surface area contributed by atoms with Crippen LogP contribution in [0, 0.1) is 23.7 Å². The third-order valence-corrected chi connectivity index (χ3v) is 6.88. The van der Waals surface area contributed by atoms with Gasteiger partial charge in [-0.05, 0) is 31.6 Å². The van der Waals surface area contributed by atoms with Crippen molar-refractivity contribution in [3.05, 3.63) is 12.2 Å². The third kappa shape index (κ3) is 2.47. The van der Waals surface area contributed by atoms with Gasteiger partial charge in [0.2, 0.25) is 5.91 Å². The number of carbonyl (C=O) groups is 2. The highest BCUT2D eigenvalue weighted by Gasteiger charge is 2.53. The van der Waals surface area contributed by atoms with Crippen LogP contribution in [0.15, 0.2) is 12.2 Å². The molecule has 6 nitrogen and oxygen atoms in total. The zero-order chi connectivity index (χ0) is 15.4. The smallest absolute Gasteiger partial charge is 0.307 e. The first-order valence-corrected chi connectivity index (χ1v) is 8.96. The van der Waals surface area contributed by atoms with Crippen molar-refractivity contribution in [1.29, 1.82) is 0 Å². The predicted molar refractivity (Wildman–Crippen MR) is 75.2 cm³/mol. The number of carboxylic acid groups (broad SMARTS) is 1. The first-order chi connectivity index (χ1) is 9.71. The molecule has 0 aromatic rings. The summed E-state index contributed by atoms with van der Waals surface area (Å²) in [7, 11) is -3.11. The second-order valence-corrected chi connectivity index (χ2v) is 8.91. The van der Waals surface area contributed by atoms with E-state index < -0.39 is 33.2 Å². The normalized spacial score (nSPS) is 43.1. The minimum atomic E-state index is -3.11. The van der Waals surface area contributed by atoms with Crippen molar-refractivity contribution in [2.45, 2.75) is 25.3 Å². The number of sulfone groups is 1. The molecule has 2 fully saturated rings. The van der Waals surface area contributed by atoms with Gasteiger partial charge >= 0.3 is 5.97 Å². The van der Waals surface area contributed by atoms with Crippen LogP contribution in [0.1, 0.15) is 19.8 Å². The van der Waals surface area contributed by atoms with Gasteiger partial charge in [-0.2, -0.15) is 0 Å². The number of aliphatic carboxylic acids is 1. The average Bonchev–Trinajstić information content (AvgIpc) is 3.01. The number of nitrogens with one attached hydrogen (secondary N) is 1. The third-order valence-electron chi connectivity index (χ3n) is 4.98. The molecule has 3 rings (SSSR count). The summed E-state index contributed by atoms with van der Waals surface area (Å²) in [6.07, 6.45) is 4.89. The Bertz CT molecular complexity index is 625. The van der Waals surface area contributed by atoms with Crippen LogP contribution in [0.3, 0.4) is 0 Å². The van der Waals surface area contributed by atoms with Crippen molar-refractivity contribution in [2.75, 3.05) is 11.5 Å². The van der Waals surface area contributed by atoms with E-state index in [9.17, 15) is 23.1 Å². The van der Waals surface area contributed by atoms with Crippen LogP contribution in [0.2, 0.25) is 0 Å². The molecule has 0 aromatic carbocycles. The molecule has 2 aliphatic carbocycles. The fraction of sp³-hybridized carbons (Fsp3) is 0.714. The minimum absolute atomic E-state index is 0.0438. The maximum absolute atomic E-state index is 12.5. The van der Waals surface area contributed by atoms with Crippen molar-refractivity contribution in [3.63, 3.8) is 0 Å².